The molecule has 0 fully saturated rings. The highest BCUT2D eigenvalue weighted by Crippen LogP contribution is 1.79. The Hall–Kier alpha value is -0.830. The Morgan fingerprint density at radius 1 is 2.00 bits per heavy atom. The number of aliphatic hydroxyl groups excluding tert-OH is 1. The fraction of sp³-hybridized carbons (Fsp3) is 0.400. The Balaban J connectivity index is 3.62. The fourth-order valence-electron chi connectivity index (χ4n) is 0.226. The fourth-order valence-corrected chi connectivity index (χ4v) is 0.226. The normalized spacial score (nSPS) is 8.25. The molecule has 0 aliphatic rings. The highest BCUT2D eigenvalue weighted by atomic mass is 16.3. The molecule has 0 saturated heterocycles. The number of likely N-dealkylation sites (N-methyl/N-ethyl adjacent to an activating group) is 1. The van der Waals surface area contributed by atoms with Crippen molar-refractivity contribution in [3.8, 4) is 0 Å². The van der Waals surface area contributed by atoms with Crippen LogP contribution < -0.4 is 0 Å². The zero-order valence-electron chi connectivity index (χ0n) is 4.79. The van der Waals surface area contributed by atoms with E-state index in [1.54, 1.807) is 0 Å². The van der Waals surface area contributed by atoms with Gasteiger partial charge in [0.1, 0.15) is 6.73 Å². The molecule has 0 aromatic carbocycles. The van der Waals surface area contributed by atoms with Crippen molar-refractivity contribution in [2.45, 2.75) is 0 Å². The van der Waals surface area contributed by atoms with Gasteiger partial charge in [-0.15, -0.1) is 0 Å². The van der Waals surface area contributed by atoms with Crippen molar-refractivity contribution >= 4 is 5.91 Å². The van der Waals surface area contributed by atoms with Crippen LogP contribution in [0.5, 0.6) is 0 Å². The summed E-state index contributed by atoms with van der Waals surface area (Å²) in [4.78, 5) is 11.5. The van der Waals surface area contributed by atoms with E-state index in [9.17, 15) is 4.79 Å². The summed E-state index contributed by atoms with van der Waals surface area (Å²) in [6, 6.07) is 0. The first-order chi connectivity index (χ1) is 3.72. The number of hydrogen-bond donors (Lipinski definition) is 1. The predicted molar refractivity (Wildman–Crippen MR) is 30.1 cm³/mol. The number of nitrogens with zero attached hydrogens (tertiary/aromatic N) is 1. The van der Waals surface area contributed by atoms with Gasteiger partial charge in [0.25, 0.3) is 0 Å². The molecular formula is C5H9NO2. The van der Waals surface area contributed by atoms with Gasteiger partial charge >= 0.3 is 0 Å². The summed E-state index contributed by atoms with van der Waals surface area (Å²) in [6.07, 6.45) is 1.15. The molecule has 0 rings (SSSR count). The van der Waals surface area contributed by atoms with Crippen molar-refractivity contribution in [1.29, 1.82) is 0 Å². The van der Waals surface area contributed by atoms with Crippen molar-refractivity contribution < 1.29 is 9.90 Å². The van der Waals surface area contributed by atoms with Crippen LogP contribution in [0.2, 0.25) is 0 Å². The first-order valence-electron chi connectivity index (χ1n) is 2.20. The molecule has 1 N–H and O–H groups in total. The molecule has 46 valence electrons. The SMILES string of the molecule is C=CC(=O)N(C)CO. The second kappa shape index (κ2) is 3.21. The second-order valence-corrected chi connectivity index (χ2v) is 1.38. The standard InChI is InChI=1S/C5H9NO2/c1-3-5(8)6(2)4-7/h3,7H,1,4H2,2H3. The Morgan fingerprint density at radius 3 is 2.62 bits per heavy atom. The Morgan fingerprint density at radius 2 is 2.50 bits per heavy atom. The van der Waals surface area contributed by atoms with E-state index in [0.29, 0.717) is 0 Å². The Kier molecular flexibility index (Phi) is 2.88. The largest absolute Gasteiger partial charge is 0.376 e. The van der Waals surface area contributed by atoms with E-state index in [1.165, 1.54) is 7.05 Å². The maximum atomic E-state index is 10.4. The van der Waals surface area contributed by atoms with E-state index < -0.39 is 0 Å². The first-order valence-corrected chi connectivity index (χ1v) is 2.20. The lowest BCUT2D eigenvalue weighted by atomic mass is 10.5. The summed E-state index contributed by atoms with van der Waals surface area (Å²) in [5, 5.41) is 8.29. The van der Waals surface area contributed by atoms with Crippen molar-refractivity contribution in [2.24, 2.45) is 0 Å². The molecule has 0 aliphatic heterocycles. The first kappa shape index (κ1) is 7.17. The quantitative estimate of drug-likeness (QED) is 0.392. The van der Waals surface area contributed by atoms with Crippen LogP contribution in [0.25, 0.3) is 0 Å². The molecule has 3 nitrogen and oxygen atoms in total. The van der Waals surface area contributed by atoms with Crippen LogP contribution in [0.15, 0.2) is 12.7 Å². The molecule has 0 saturated carbocycles. The van der Waals surface area contributed by atoms with Gasteiger partial charge in [0.2, 0.25) is 5.91 Å². The van der Waals surface area contributed by atoms with Gasteiger partial charge in [-0.05, 0) is 6.08 Å². The maximum Gasteiger partial charge on any atom is 0.247 e. The summed E-state index contributed by atoms with van der Waals surface area (Å²) in [5.41, 5.74) is 0. The summed E-state index contributed by atoms with van der Waals surface area (Å²) in [5.74, 6) is -0.271. The number of carbonyl (C=O) groups excluding carboxylic acids is 1. The van der Waals surface area contributed by atoms with E-state index in [2.05, 4.69) is 6.58 Å². The molecule has 0 spiro atoms. The average Bonchev–Trinajstić information content (AvgIpc) is 1.84. The van der Waals surface area contributed by atoms with Crippen molar-refractivity contribution in [3.05, 3.63) is 12.7 Å². The Bertz CT molecular complexity index is 101. The third-order valence-corrected chi connectivity index (χ3v) is 0.763. The van der Waals surface area contributed by atoms with E-state index >= 15 is 0 Å². The topological polar surface area (TPSA) is 40.5 Å². The third-order valence-electron chi connectivity index (χ3n) is 0.763. The lowest BCUT2D eigenvalue weighted by molar-refractivity contribution is -0.127. The molecule has 3 heteroatoms. The van der Waals surface area contributed by atoms with Crippen LogP contribution in [-0.2, 0) is 4.79 Å². The molecule has 1 amide bonds. The van der Waals surface area contributed by atoms with E-state index in [1.807, 2.05) is 0 Å². The number of aliphatic hydroxyl groups is 1. The Labute approximate surface area is 48.2 Å². The van der Waals surface area contributed by atoms with Gasteiger partial charge in [-0.25, -0.2) is 0 Å². The molecule has 0 aromatic rings. The zero-order valence-corrected chi connectivity index (χ0v) is 4.79. The molecule has 0 bridgehead atoms. The minimum Gasteiger partial charge on any atom is -0.376 e. The van der Waals surface area contributed by atoms with E-state index in [-0.39, 0.29) is 12.6 Å². The summed E-state index contributed by atoms with van der Waals surface area (Å²) >= 11 is 0. The van der Waals surface area contributed by atoms with Gasteiger partial charge in [-0.3, -0.25) is 4.79 Å². The monoisotopic (exact) mass is 115 g/mol. The van der Waals surface area contributed by atoms with Crippen molar-refractivity contribution in [2.75, 3.05) is 13.8 Å². The number of carbonyl (C=O) groups is 1. The molecule has 8 heavy (non-hydrogen) atoms. The predicted octanol–water partition coefficient (Wildman–Crippen LogP) is -0.419. The molecule has 0 atom stereocenters. The minimum absolute atomic E-state index is 0.259. The molecule has 0 radical (unpaired) electrons. The van der Waals surface area contributed by atoms with Crippen LogP contribution >= 0.6 is 0 Å². The molecule has 0 unspecified atom stereocenters. The van der Waals surface area contributed by atoms with E-state index in [4.69, 9.17) is 5.11 Å². The highest BCUT2D eigenvalue weighted by molar-refractivity contribution is 5.86. The van der Waals surface area contributed by atoms with Crippen LogP contribution in [0, 0.1) is 0 Å². The summed E-state index contributed by atoms with van der Waals surface area (Å²) < 4.78 is 0. The molecule has 0 aromatic heterocycles. The van der Waals surface area contributed by atoms with Crippen LogP contribution in [0.3, 0.4) is 0 Å². The van der Waals surface area contributed by atoms with Crippen LogP contribution in [0.1, 0.15) is 0 Å². The van der Waals surface area contributed by atoms with Gasteiger partial charge in [-0.2, -0.15) is 0 Å². The number of rotatable bonds is 2. The highest BCUT2D eigenvalue weighted by Gasteiger charge is 1.98. The second-order valence-electron chi connectivity index (χ2n) is 1.38. The number of amides is 1. The molecule has 0 heterocycles. The summed E-state index contributed by atoms with van der Waals surface area (Å²) in [7, 11) is 1.49. The zero-order chi connectivity index (χ0) is 6.57. The van der Waals surface area contributed by atoms with Gasteiger partial charge in [0, 0.05) is 7.05 Å². The minimum atomic E-state index is -0.271. The van der Waals surface area contributed by atoms with Gasteiger partial charge in [0.05, 0.1) is 0 Å². The van der Waals surface area contributed by atoms with Crippen LogP contribution in [-0.4, -0.2) is 29.7 Å². The van der Waals surface area contributed by atoms with Crippen molar-refractivity contribution in [3.63, 3.8) is 0 Å². The lowest BCUT2D eigenvalue weighted by Crippen LogP contribution is -2.25. The smallest absolute Gasteiger partial charge is 0.247 e. The maximum absolute atomic E-state index is 10.4. The van der Waals surface area contributed by atoms with Crippen molar-refractivity contribution in [1.82, 2.24) is 4.90 Å². The van der Waals surface area contributed by atoms with Crippen LogP contribution in [0.4, 0.5) is 0 Å². The van der Waals surface area contributed by atoms with Gasteiger partial charge in [0.15, 0.2) is 0 Å². The average molecular weight is 115 g/mol. The van der Waals surface area contributed by atoms with E-state index in [0.717, 1.165) is 11.0 Å². The lowest BCUT2D eigenvalue weighted by Gasteiger charge is -2.08. The third kappa shape index (κ3) is 1.75. The molecule has 0 aliphatic carbocycles. The molecular weight excluding hydrogens is 106 g/mol. The number of hydrogen-bond acceptors (Lipinski definition) is 2. The summed E-state index contributed by atoms with van der Waals surface area (Å²) in [6.45, 7) is 2.97. The van der Waals surface area contributed by atoms with Gasteiger partial charge < -0.3 is 10.0 Å². The van der Waals surface area contributed by atoms with Gasteiger partial charge in [-0.1, -0.05) is 6.58 Å².